The van der Waals surface area contributed by atoms with E-state index in [1.807, 2.05) is 54.3 Å². The molecule has 1 saturated heterocycles. The second-order valence-electron chi connectivity index (χ2n) is 11.9. The van der Waals surface area contributed by atoms with E-state index in [0.717, 1.165) is 29.8 Å². The Morgan fingerprint density at radius 2 is 1.50 bits per heavy atom. The molecule has 5 rings (SSSR count). The van der Waals surface area contributed by atoms with E-state index < -0.39 is 16.0 Å². The van der Waals surface area contributed by atoms with Crippen LogP contribution in [0.3, 0.4) is 0 Å². The number of hydrogen-bond acceptors (Lipinski definition) is 7. The average molecular weight is 620 g/mol. The molecule has 1 aliphatic heterocycles. The summed E-state index contributed by atoms with van der Waals surface area (Å²) in [5.41, 5.74) is 2.73. The normalized spacial score (nSPS) is 18.8. The molecule has 3 atom stereocenters. The number of amides is 1. The maximum absolute atomic E-state index is 13.4. The smallest absolute Gasteiger partial charge is 0.310 e. The van der Waals surface area contributed by atoms with E-state index in [0.29, 0.717) is 24.0 Å². The molecule has 0 radical (unpaired) electrons. The molecule has 1 unspecified atom stereocenters. The van der Waals surface area contributed by atoms with Crippen LogP contribution in [0.5, 0.6) is 5.75 Å². The summed E-state index contributed by atoms with van der Waals surface area (Å²) in [6.45, 7) is 3.54. The van der Waals surface area contributed by atoms with E-state index >= 15 is 0 Å². The van der Waals surface area contributed by atoms with Gasteiger partial charge in [0.25, 0.3) is 10.1 Å². The van der Waals surface area contributed by atoms with Gasteiger partial charge in [-0.25, -0.2) is 0 Å². The highest BCUT2D eigenvalue weighted by Crippen LogP contribution is 2.36. The summed E-state index contributed by atoms with van der Waals surface area (Å²) in [6.07, 6.45) is 5.30. The average Bonchev–Trinajstić information content (AvgIpc) is 3.48. The summed E-state index contributed by atoms with van der Waals surface area (Å²) in [6, 6.07) is 23.2. The second-order valence-corrected chi connectivity index (χ2v) is 13.5. The van der Waals surface area contributed by atoms with Crippen molar-refractivity contribution in [1.29, 1.82) is 0 Å². The molecule has 44 heavy (non-hydrogen) atoms. The standard InChI is InChI=1S/C35H41NO7S/c1-26-11-17-33(18-12-26)44(39,40)43-20-19-41-32-15-13-27(14-16-32)21-31(35(38)42-25-28-7-3-2-4-8-28)22-34(37)36-23-29-9-5-6-10-30(29)24-36/h2-4,7-8,11-18,29-31H,5-6,9-10,19-25H2,1H3/t29-,30+,31?. The number of hydrogen-bond donors (Lipinski definition) is 0. The SMILES string of the molecule is Cc1ccc(S(=O)(=O)OCCOc2ccc(CC(CC(=O)N3C[C@H]4CCCC[C@H]4C3)C(=O)OCc3ccccc3)cc2)cc1. The third-order valence-corrected chi connectivity index (χ3v) is 9.94. The van der Waals surface area contributed by atoms with Crippen molar-refractivity contribution in [3.63, 3.8) is 0 Å². The van der Waals surface area contributed by atoms with Crippen molar-refractivity contribution in [3.05, 3.63) is 95.6 Å². The molecule has 2 aliphatic rings. The van der Waals surface area contributed by atoms with E-state index in [1.54, 1.807) is 24.3 Å². The molecule has 0 spiro atoms. The largest absolute Gasteiger partial charge is 0.491 e. The lowest BCUT2D eigenvalue weighted by molar-refractivity contribution is -0.152. The van der Waals surface area contributed by atoms with E-state index in [4.69, 9.17) is 13.7 Å². The molecule has 234 valence electrons. The zero-order valence-electron chi connectivity index (χ0n) is 25.2. The van der Waals surface area contributed by atoms with Crippen molar-refractivity contribution in [3.8, 4) is 5.75 Å². The van der Waals surface area contributed by atoms with Gasteiger partial charge in [0.15, 0.2) is 0 Å². The van der Waals surface area contributed by atoms with Gasteiger partial charge in [0, 0.05) is 19.5 Å². The van der Waals surface area contributed by atoms with E-state index in [-0.39, 0.29) is 43.0 Å². The first kappa shape index (κ1) is 31.7. The number of rotatable bonds is 13. The van der Waals surface area contributed by atoms with Crippen LogP contribution in [0.15, 0.2) is 83.8 Å². The predicted molar refractivity (Wildman–Crippen MR) is 166 cm³/mol. The molecule has 1 heterocycles. The lowest BCUT2D eigenvalue weighted by Gasteiger charge is -2.22. The molecule has 1 aliphatic carbocycles. The number of benzene rings is 3. The van der Waals surface area contributed by atoms with Crippen LogP contribution < -0.4 is 4.74 Å². The number of ether oxygens (including phenoxy) is 2. The van der Waals surface area contributed by atoms with Gasteiger partial charge in [-0.2, -0.15) is 8.42 Å². The van der Waals surface area contributed by atoms with Crippen LogP contribution in [0.2, 0.25) is 0 Å². The Labute approximate surface area is 260 Å². The predicted octanol–water partition coefficient (Wildman–Crippen LogP) is 5.72. The molecule has 3 aromatic carbocycles. The minimum absolute atomic E-state index is 0.0154. The zero-order valence-corrected chi connectivity index (χ0v) is 26.0. The summed E-state index contributed by atoms with van der Waals surface area (Å²) in [4.78, 5) is 28.7. The topological polar surface area (TPSA) is 99.2 Å². The lowest BCUT2D eigenvalue weighted by atomic mass is 9.82. The third kappa shape index (κ3) is 8.70. The molecule has 1 amide bonds. The van der Waals surface area contributed by atoms with Crippen molar-refractivity contribution < 1.29 is 31.7 Å². The first-order valence-corrected chi connectivity index (χ1v) is 16.8. The minimum atomic E-state index is -3.86. The van der Waals surface area contributed by atoms with Gasteiger partial charge >= 0.3 is 5.97 Å². The number of likely N-dealkylation sites (tertiary alicyclic amines) is 1. The third-order valence-electron chi connectivity index (χ3n) is 8.61. The van der Waals surface area contributed by atoms with Crippen LogP contribution in [-0.2, 0) is 41.7 Å². The summed E-state index contributed by atoms with van der Waals surface area (Å²) in [5.74, 6) is 0.728. The Bertz CT molecular complexity index is 1480. The van der Waals surface area contributed by atoms with Gasteiger partial charge in [-0.3, -0.25) is 13.8 Å². The molecule has 0 bridgehead atoms. The van der Waals surface area contributed by atoms with E-state index in [1.165, 1.54) is 37.8 Å². The number of carbonyl (C=O) groups is 2. The van der Waals surface area contributed by atoms with E-state index in [2.05, 4.69) is 0 Å². The molecule has 3 aromatic rings. The molecule has 0 aromatic heterocycles. The quantitative estimate of drug-likeness (QED) is 0.137. The Morgan fingerprint density at radius 3 is 2.16 bits per heavy atom. The number of esters is 1. The molecule has 8 nitrogen and oxygen atoms in total. The molecular formula is C35H41NO7S. The fourth-order valence-electron chi connectivity index (χ4n) is 6.12. The van der Waals surface area contributed by atoms with Gasteiger partial charge in [0.1, 0.15) is 25.6 Å². The Hall–Kier alpha value is -3.69. The number of nitrogens with zero attached hydrogens (tertiary/aromatic N) is 1. The van der Waals surface area contributed by atoms with Gasteiger partial charge in [-0.05, 0) is 73.4 Å². The lowest BCUT2D eigenvalue weighted by Crippen LogP contribution is -2.33. The van der Waals surface area contributed by atoms with Crippen molar-refractivity contribution in [2.45, 2.75) is 57.0 Å². The summed E-state index contributed by atoms with van der Waals surface area (Å²) < 4.78 is 41.2. The van der Waals surface area contributed by atoms with Crippen molar-refractivity contribution >= 4 is 22.0 Å². The molecule has 1 saturated carbocycles. The maximum Gasteiger partial charge on any atom is 0.310 e. The number of aryl methyl sites for hydroxylation is 1. The summed E-state index contributed by atoms with van der Waals surface area (Å²) in [7, 11) is -3.86. The summed E-state index contributed by atoms with van der Waals surface area (Å²) >= 11 is 0. The molecular weight excluding hydrogens is 578 g/mol. The zero-order chi connectivity index (χ0) is 30.9. The van der Waals surface area contributed by atoms with Crippen molar-refractivity contribution in [2.75, 3.05) is 26.3 Å². The highest BCUT2D eigenvalue weighted by molar-refractivity contribution is 7.86. The fraction of sp³-hybridized carbons (Fsp3) is 0.429. The van der Waals surface area contributed by atoms with Crippen molar-refractivity contribution in [2.24, 2.45) is 17.8 Å². The van der Waals surface area contributed by atoms with Crippen LogP contribution in [-0.4, -0.2) is 51.5 Å². The van der Waals surface area contributed by atoms with Gasteiger partial charge in [0.05, 0.1) is 10.8 Å². The van der Waals surface area contributed by atoms with Crippen LogP contribution in [0.4, 0.5) is 0 Å². The van der Waals surface area contributed by atoms with Gasteiger partial charge in [0.2, 0.25) is 5.91 Å². The number of carbonyl (C=O) groups excluding carboxylic acids is 2. The van der Waals surface area contributed by atoms with Gasteiger partial charge < -0.3 is 14.4 Å². The molecule has 2 fully saturated rings. The molecule has 0 N–H and O–H groups in total. The van der Waals surface area contributed by atoms with Gasteiger partial charge in [-0.15, -0.1) is 0 Å². The highest BCUT2D eigenvalue weighted by Gasteiger charge is 2.37. The van der Waals surface area contributed by atoms with Crippen LogP contribution in [0, 0.1) is 24.7 Å². The first-order valence-electron chi connectivity index (χ1n) is 15.4. The van der Waals surface area contributed by atoms with Crippen LogP contribution in [0.1, 0.15) is 48.8 Å². The maximum atomic E-state index is 13.4. The minimum Gasteiger partial charge on any atom is -0.491 e. The Balaban J connectivity index is 1.16. The highest BCUT2D eigenvalue weighted by atomic mass is 32.2. The van der Waals surface area contributed by atoms with Crippen molar-refractivity contribution in [1.82, 2.24) is 4.90 Å². The first-order chi connectivity index (χ1) is 21.3. The van der Waals surface area contributed by atoms with Crippen LogP contribution in [0.25, 0.3) is 0 Å². The Kier molecular flexibility index (Phi) is 10.7. The Morgan fingerprint density at radius 1 is 0.841 bits per heavy atom. The van der Waals surface area contributed by atoms with E-state index in [9.17, 15) is 18.0 Å². The second kappa shape index (κ2) is 14.9. The summed E-state index contributed by atoms with van der Waals surface area (Å²) in [5, 5.41) is 0. The monoisotopic (exact) mass is 619 g/mol. The number of fused-ring (bicyclic) bond motifs is 1. The fourth-order valence-corrected chi connectivity index (χ4v) is 7.01. The molecule has 9 heteroatoms. The van der Waals surface area contributed by atoms with Crippen LogP contribution >= 0.6 is 0 Å². The van der Waals surface area contributed by atoms with Gasteiger partial charge in [-0.1, -0.05) is 73.0 Å².